The number of pyridine rings is 1. The van der Waals surface area contributed by atoms with E-state index < -0.39 is 0 Å². The Kier molecular flexibility index (Phi) is 4.50. The van der Waals surface area contributed by atoms with Gasteiger partial charge in [-0.25, -0.2) is 0 Å². The quantitative estimate of drug-likeness (QED) is 0.826. The summed E-state index contributed by atoms with van der Waals surface area (Å²) in [6.45, 7) is 0.407. The fourth-order valence-electron chi connectivity index (χ4n) is 4.01. The number of piperazine rings is 1. The Labute approximate surface area is 159 Å². The molecule has 3 heterocycles. The molecule has 26 heavy (non-hydrogen) atoms. The van der Waals surface area contributed by atoms with E-state index in [0.717, 1.165) is 10.0 Å². The molecule has 134 valence electrons. The van der Waals surface area contributed by atoms with E-state index in [-0.39, 0.29) is 43.0 Å². The first kappa shape index (κ1) is 17.2. The van der Waals surface area contributed by atoms with Gasteiger partial charge in [0.2, 0.25) is 5.91 Å². The predicted molar refractivity (Wildman–Crippen MR) is 98.5 cm³/mol. The number of aliphatic hydroxyl groups excluding tert-OH is 1. The summed E-state index contributed by atoms with van der Waals surface area (Å²) >= 11 is 3.43. The van der Waals surface area contributed by atoms with E-state index in [4.69, 9.17) is 0 Å². The first-order chi connectivity index (χ1) is 12.6. The molecule has 1 aromatic carbocycles. The van der Waals surface area contributed by atoms with Gasteiger partial charge < -0.3 is 14.9 Å². The van der Waals surface area contributed by atoms with Crippen LogP contribution in [-0.2, 0) is 4.79 Å². The molecule has 0 aliphatic carbocycles. The van der Waals surface area contributed by atoms with E-state index in [9.17, 15) is 14.7 Å². The molecular weight excluding hydrogens is 398 g/mol. The van der Waals surface area contributed by atoms with Crippen molar-refractivity contribution < 1.29 is 14.7 Å². The average Bonchev–Trinajstić information content (AvgIpc) is 2.65. The number of aromatic nitrogens is 1. The number of amides is 2. The van der Waals surface area contributed by atoms with Gasteiger partial charge in [-0.2, -0.15) is 0 Å². The van der Waals surface area contributed by atoms with Crippen LogP contribution in [-0.4, -0.2) is 63.5 Å². The van der Waals surface area contributed by atoms with E-state index in [2.05, 4.69) is 20.9 Å². The fraction of sp³-hybridized carbons (Fsp3) is 0.316. The number of carbonyl (C=O) groups excluding carboxylic acids is 2. The van der Waals surface area contributed by atoms with Crippen LogP contribution in [0, 0.1) is 0 Å². The van der Waals surface area contributed by atoms with Gasteiger partial charge in [-0.15, -0.1) is 0 Å². The minimum atomic E-state index is -0.232. The van der Waals surface area contributed by atoms with Crippen molar-refractivity contribution in [1.29, 1.82) is 0 Å². The topological polar surface area (TPSA) is 73.7 Å². The molecule has 3 atom stereocenters. The number of hydrogen-bond acceptors (Lipinski definition) is 4. The molecule has 7 heteroatoms. The summed E-state index contributed by atoms with van der Waals surface area (Å²) in [7, 11) is 0. The van der Waals surface area contributed by atoms with Gasteiger partial charge in [0.25, 0.3) is 5.91 Å². The zero-order chi connectivity index (χ0) is 18.3. The minimum Gasteiger partial charge on any atom is -0.394 e. The van der Waals surface area contributed by atoms with Crippen molar-refractivity contribution in [3.8, 4) is 0 Å². The molecule has 0 radical (unpaired) electrons. The van der Waals surface area contributed by atoms with Crippen LogP contribution < -0.4 is 0 Å². The number of halogens is 1. The van der Waals surface area contributed by atoms with Gasteiger partial charge in [-0.05, 0) is 29.8 Å². The molecule has 0 bridgehead atoms. The van der Waals surface area contributed by atoms with Crippen LogP contribution in [0.25, 0.3) is 0 Å². The van der Waals surface area contributed by atoms with Crippen molar-refractivity contribution in [2.45, 2.75) is 18.0 Å². The third kappa shape index (κ3) is 2.81. The van der Waals surface area contributed by atoms with Crippen LogP contribution in [0.1, 0.15) is 21.8 Å². The number of rotatable bonds is 3. The van der Waals surface area contributed by atoms with E-state index in [1.54, 1.807) is 28.1 Å². The van der Waals surface area contributed by atoms with Crippen LogP contribution in [0.2, 0.25) is 0 Å². The van der Waals surface area contributed by atoms with Crippen LogP contribution in [0.5, 0.6) is 0 Å². The normalized spacial score (nSPS) is 24.8. The lowest BCUT2D eigenvalue weighted by Crippen LogP contribution is -2.73. The maximum atomic E-state index is 12.7. The molecular formula is C19H18BrN3O3. The lowest BCUT2D eigenvalue weighted by atomic mass is 9.73. The molecule has 0 saturated carbocycles. The highest BCUT2D eigenvalue weighted by atomic mass is 79.9. The van der Waals surface area contributed by atoms with Crippen LogP contribution in [0.3, 0.4) is 0 Å². The van der Waals surface area contributed by atoms with E-state index in [0.29, 0.717) is 12.1 Å². The molecule has 2 amide bonds. The number of carbonyl (C=O) groups is 2. The average molecular weight is 416 g/mol. The highest BCUT2D eigenvalue weighted by Crippen LogP contribution is 2.43. The maximum Gasteiger partial charge on any atom is 0.255 e. The van der Waals surface area contributed by atoms with Crippen LogP contribution >= 0.6 is 15.9 Å². The molecule has 6 nitrogen and oxygen atoms in total. The SMILES string of the molecule is O=C(c1cccnc1)N1CC(=O)N2[C@@H](CO)[C@H](c3ccc(Br)cc3)[C@@H]2C1. The maximum absolute atomic E-state index is 12.7. The fourth-order valence-corrected chi connectivity index (χ4v) is 4.28. The first-order valence-corrected chi connectivity index (χ1v) is 9.26. The van der Waals surface area contributed by atoms with E-state index >= 15 is 0 Å². The molecule has 2 aromatic rings. The van der Waals surface area contributed by atoms with Crippen LogP contribution in [0.15, 0.2) is 53.3 Å². The number of hydrogen-bond donors (Lipinski definition) is 1. The Morgan fingerprint density at radius 1 is 1.27 bits per heavy atom. The Hall–Kier alpha value is -2.25. The second kappa shape index (κ2) is 6.81. The van der Waals surface area contributed by atoms with Crippen molar-refractivity contribution in [2.75, 3.05) is 19.7 Å². The number of fused-ring (bicyclic) bond motifs is 1. The largest absolute Gasteiger partial charge is 0.394 e. The summed E-state index contributed by atoms with van der Waals surface area (Å²) in [6, 6.07) is 11.0. The number of aliphatic hydroxyl groups is 1. The molecule has 2 aliphatic rings. The lowest BCUT2D eigenvalue weighted by molar-refractivity contribution is -0.159. The van der Waals surface area contributed by atoms with Gasteiger partial charge in [0.15, 0.2) is 0 Å². The Morgan fingerprint density at radius 2 is 2.04 bits per heavy atom. The summed E-state index contributed by atoms with van der Waals surface area (Å²) in [5.41, 5.74) is 1.55. The molecule has 0 spiro atoms. The highest BCUT2D eigenvalue weighted by Gasteiger charge is 2.54. The molecule has 1 aromatic heterocycles. The summed E-state index contributed by atoms with van der Waals surface area (Å²) < 4.78 is 0.978. The number of benzene rings is 1. The van der Waals surface area contributed by atoms with Gasteiger partial charge in [0.1, 0.15) is 6.54 Å². The predicted octanol–water partition coefficient (Wildman–Crippen LogP) is 1.66. The summed E-state index contributed by atoms with van der Waals surface area (Å²) in [5.74, 6) is -0.291. The van der Waals surface area contributed by atoms with Crippen LogP contribution in [0.4, 0.5) is 0 Å². The molecule has 2 aliphatic heterocycles. The molecule has 4 rings (SSSR count). The van der Waals surface area contributed by atoms with Gasteiger partial charge in [0, 0.05) is 29.3 Å². The monoisotopic (exact) mass is 415 g/mol. The van der Waals surface area contributed by atoms with Gasteiger partial charge in [0.05, 0.1) is 24.3 Å². The molecule has 0 unspecified atom stereocenters. The van der Waals surface area contributed by atoms with Gasteiger partial charge in [-0.3, -0.25) is 14.6 Å². The van der Waals surface area contributed by atoms with Gasteiger partial charge >= 0.3 is 0 Å². The second-order valence-electron chi connectivity index (χ2n) is 6.62. The molecule has 2 fully saturated rings. The third-order valence-corrected chi connectivity index (χ3v) is 5.73. The summed E-state index contributed by atoms with van der Waals surface area (Å²) in [5, 5.41) is 9.79. The van der Waals surface area contributed by atoms with Crippen molar-refractivity contribution in [3.63, 3.8) is 0 Å². The van der Waals surface area contributed by atoms with Crippen molar-refractivity contribution in [2.24, 2.45) is 0 Å². The smallest absolute Gasteiger partial charge is 0.255 e. The zero-order valence-electron chi connectivity index (χ0n) is 14.0. The lowest BCUT2D eigenvalue weighted by Gasteiger charge is -2.58. The standard InChI is InChI=1S/C19H18BrN3O3/c20-14-5-3-12(4-6-14)18-15-9-22(10-17(25)23(15)16(18)11-24)19(26)13-2-1-7-21-8-13/h1-8,15-16,18,24H,9-11H2/t15-,16-,18+/m0/s1. The molecule has 1 N–H and O–H groups in total. The van der Waals surface area contributed by atoms with Crippen molar-refractivity contribution in [3.05, 3.63) is 64.4 Å². The van der Waals surface area contributed by atoms with E-state index in [1.165, 1.54) is 6.20 Å². The van der Waals surface area contributed by atoms with Crippen molar-refractivity contribution >= 4 is 27.7 Å². The van der Waals surface area contributed by atoms with Crippen molar-refractivity contribution in [1.82, 2.24) is 14.8 Å². The summed E-state index contributed by atoms with van der Waals surface area (Å²) in [6.07, 6.45) is 3.13. The Morgan fingerprint density at radius 3 is 2.69 bits per heavy atom. The second-order valence-corrected chi connectivity index (χ2v) is 7.54. The highest BCUT2D eigenvalue weighted by molar-refractivity contribution is 9.10. The zero-order valence-corrected chi connectivity index (χ0v) is 15.5. The van der Waals surface area contributed by atoms with E-state index in [1.807, 2.05) is 24.3 Å². The van der Waals surface area contributed by atoms with Gasteiger partial charge in [-0.1, -0.05) is 28.1 Å². The third-order valence-electron chi connectivity index (χ3n) is 5.20. The molecule has 2 saturated heterocycles. The Bertz CT molecular complexity index is 828. The minimum absolute atomic E-state index is 0.0153. The Balaban J connectivity index is 1.59. The first-order valence-electron chi connectivity index (χ1n) is 8.47. The number of nitrogens with zero attached hydrogens (tertiary/aromatic N) is 3. The summed E-state index contributed by atoms with van der Waals surface area (Å²) in [4.78, 5) is 32.6.